The van der Waals surface area contributed by atoms with E-state index in [0.29, 0.717) is 20.1 Å². The van der Waals surface area contributed by atoms with E-state index < -0.39 is 11.7 Å². The quantitative estimate of drug-likeness (QED) is 0.555. The molecule has 3 rings (SSSR count). The Morgan fingerprint density at radius 1 is 1.21 bits per heavy atom. The van der Waals surface area contributed by atoms with Crippen LogP contribution in [0, 0.1) is 9.39 Å². The molecule has 0 aliphatic heterocycles. The molecule has 2 aromatic carbocycles. The molecule has 0 aliphatic rings. The number of hydrogen-bond acceptors (Lipinski definition) is 4. The van der Waals surface area contributed by atoms with E-state index in [0.717, 1.165) is 10.6 Å². The third-order valence-electron chi connectivity index (χ3n) is 3.08. The van der Waals surface area contributed by atoms with Gasteiger partial charge in [0.2, 0.25) is 5.13 Å². The minimum absolute atomic E-state index is 0.244. The standard InChI is InChI=1S/C16H10ClFIN3OS/c17-11-3-1-9(2-4-11)5-14-21-22-16(24-14)20-15(23)10-6-12(18)8-13(19)7-10/h1-4,6-8H,5H2,(H,20,22,23). The molecule has 1 amide bonds. The van der Waals surface area contributed by atoms with Gasteiger partial charge >= 0.3 is 0 Å². The second-order valence-electron chi connectivity index (χ2n) is 4.92. The van der Waals surface area contributed by atoms with Gasteiger partial charge in [0.25, 0.3) is 5.91 Å². The lowest BCUT2D eigenvalue weighted by molar-refractivity contribution is 0.102. The van der Waals surface area contributed by atoms with Crippen LogP contribution in [0.2, 0.25) is 5.02 Å². The van der Waals surface area contributed by atoms with Gasteiger partial charge in [0.15, 0.2) is 0 Å². The van der Waals surface area contributed by atoms with Crippen molar-refractivity contribution in [1.82, 2.24) is 10.2 Å². The Bertz CT molecular complexity index is 865. The van der Waals surface area contributed by atoms with Gasteiger partial charge in [-0.25, -0.2) is 4.39 Å². The minimum atomic E-state index is -0.451. The van der Waals surface area contributed by atoms with E-state index in [4.69, 9.17) is 11.6 Å². The fraction of sp³-hybridized carbons (Fsp3) is 0.0625. The molecule has 0 bridgehead atoms. The zero-order chi connectivity index (χ0) is 17.1. The van der Waals surface area contributed by atoms with Crippen LogP contribution in [0.5, 0.6) is 0 Å². The van der Waals surface area contributed by atoms with Crippen LogP contribution in [-0.4, -0.2) is 16.1 Å². The first-order valence-corrected chi connectivity index (χ1v) is 9.11. The van der Waals surface area contributed by atoms with Crippen LogP contribution in [-0.2, 0) is 6.42 Å². The Labute approximate surface area is 160 Å². The van der Waals surface area contributed by atoms with Crippen LogP contribution in [0.4, 0.5) is 9.52 Å². The van der Waals surface area contributed by atoms with Gasteiger partial charge < -0.3 is 0 Å². The van der Waals surface area contributed by atoms with Crippen molar-refractivity contribution >= 4 is 56.6 Å². The fourth-order valence-electron chi connectivity index (χ4n) is 2.01. The molecular formula is C16H10ClFIN3OS. The number of rotatable bonds is 4. The van der Waals surface area contributed by atoms with Gasteiger partial charge in [-0.05, 0) is 58.5 Å². The van der Waals surface area contributed by atoms with Crippen LogP contribution in [0.15, 0.2) is 42.5 Å². The first kappa shape index (κ1) is 17.2. The predicted octanol–water partition coefficient (Wildman–Crippen LogP) is 4.78. The van der Waals surface area contributed by atoms with E-state index >= 15 is 0 Å². The van der Waals surface area contributed by atoms with Gasteiger partial charge in [0.1, 0.15) is 10.8 Å². The molecule has 1 aromatic heterocycles. The maximum Gasteiger partial charge on any atom is 0.257 e. The molecule has 4 nitrogen and oxygen atoms in total. The molecule has 8 heteroatoms. The van der Waals surface area contributed by atoms with Crippen LogP contribution in [0.1, 0.15) is 20.9 Å². The fourth-order valence-corrected chi connectivity index (χ4v) is 3.53. The number of amides is 1. The van der Waals surface area contributed by atoms with Gasteiger partial charge in [-0.1, -0.05) is 35.1 Å². The van der Waals surface area contributed by atoms with Gasteiger partial charge in [-0.15, -0.1) is 10.2 Å². The summed E-state index contributed by atoms with van der Waals surface area (Å²) >= 11 is 9.10. The molecule has 3 aromatic rings. The van der Waals surface area contributed by atoms with Gasteiger partial charge in [0, 0.05) is 20.6 Å². The number of nitrogens with one attached hydrogen (secondary N) is 1. The molecule has 0 saturated carbocycles. The summed E-state index contributed by atoms with van der Waals surface area (Å²) in [6, 6.07) is 11.6. The first-order valence-electron chi connectivity index (χ1n) is 6.84. The minimum Gasteiger partial charge on any atom is -0.296 e. The summed E-state index contributed by atoms with van der Waals surface area (Å²) in [5, 5.41) is 12.5. The molecule has 0 unspecified atom stereocenters. The molecule has 24 heavy (non-hydrogen) atoms. The molecule has 0 saturated heterocycles. The summed E-state index contributed by atoms with van der Waals surface area (Å²) in [7, 11) is 0. The Hall–Kier alpha value is -1.58. The van der Waals surface area contributed by atoms with E-state index in [-0.39, 0.29) is 5.56 Å². The summed E-state index contributed by atoms with van der Waals surface area (Å²) in [4.78, 5) is 12.2. The van der Waals surface area contributed by atoms with E-state index in [1.807, 2.05) is 46.9 Å². The van der Waals surface area contributed by atoms with E-state index in [9.17, 15) is 9.18 Å². The largest absolute Gasteiger partial charge is 0.296 e. The molecule has 0 spiro atoms. The average molecular weight is 474 g/mol. The molecule has 1 heterocycles. The number of anilines is 1. The number of aromatic nitrogens is 2. The number of halogens is 3. The third kappa shape index (κ3) is 4.49. The maximum absolute atomic E-state index is 13.4. The Morgan fingerprint density at radius 2 is 1.96 bits per heavy atom. The summed E-state index contributed by atoms with van der Waals surface area (Å²) < 4.78 is 14.0. The zero-order valence-corrected chi connectivity index (χ0v) is 15.8. The van der Waals surface area contributed by atoms with E-state index in [1.54, 1.807) is 6.07 Å². The SMILES string of the molecule is O=C(Nc1nnc(Cc2ccc(Cl)cc2)s1)c1cc(F)cc(I)c1. The van der Waals surface area contributed by atoms with Crippen molar-refractivity contribution < 1.29 is 9.18 Å². The van der Waals surface area contributed by atoms with Crippen LogP contribution >= 0.6 is 45.5 Å². The lowest BCUT2D eigenvalue weighted by Crippen LogP contribution is -2.12. The van der Waals surface area contributed by atoms with Crippen molar-refractivity contribution in [1.29, 1.82) is 0 Å². The number of benzene rings is 2. The highest BCUT2D eigenvalue weighted by Crippen LogP contribution is 2.21. The summed E-state index contributed by atoms with van der Waals surface area (Å²) in [5.41, 5.74) is 1.29. The lowest BCUT2D eigenvalue weighted by Gasteiger charge is -2.02. The van der Waals surface area contributed by atoms with Gasteiger partial charge in [-0.2, -0.15) is 0 Å². The number of carbonyl (C=O) groups excluding carboxylic acids is 1. The average Bonchev–Trinajstić information content (AvgIpc) is 2.95. The molecule has 0 atom stereocenters. The molecule has 0 fully saturated rings. The summed E-state index contributed by atoms with van der Waals surface area (Å²) in [5.74, 6) is -0.866. The second-order valence-corrected chi connectivity index (χ2v) is 7.66. The number of nitrogens with zero attached hydrogens (tertiary/aromatic N) is 2. The second kappa shape index (κ2) is 7.54. The first-order chi connectivity index (χ1) is 11.5. The van der Waals surface area contributed by atoms with Gasteiger partial charge in [-0.3, -0.25) is 10.1 Å². The van der Waals surface area contributed by atoms with Crippen molar-refractivity contribution in [3.8, 4) is 0 Å². The predicted molar refractivity (Wildman–Crippen MR) is 101 cm³/mol. The maximum atomic E-state index is 13.4. The van der Waals surface area contributed by atoms with Crippen LogP contribution in [0.25, 0.3) is 0 Å². The highest BCUT2D eigenvalue weighted by atomic mass is 127. The highest BCUT2D eigenvalue weighted by molar-refractivity contribution is 14.1. The van der Waals surface area contributed by atoms with E-state index in [1.165, 1.54) is 23.5 Å². The molecule has 0 radical (unpaired) electrons. The van der Waals surface area contributed by atoms with Crippen LogP contribution in [0.3, 0.4) is 0 Å². The normalized spacial score (nSPS) is 10.6. The molecule has 0 aliphatic carbocycles. The number of hydrogen-bond donors (Lipinski definition) is 1. The van der Waals surface area contributed by atoms with Gasteiger partial charge in [0.05, 0.1) is 0 Å². The Kier molecular flexibility index (Phi) is 5.42. The number of carbonyl (C=O) groups is 1. The topological polar surface area (TPSA) is 54.9 Å². The van der Waals surface area contributed by atoms with Crippen molar-refractivity contribution in [3.05, 3.63) is 73.0 Å². The van der Waals surface area contributed by atoms with Crippen molar-refractivity contribution in [2.24, 2.45) is 0 Å². The zero-order valence-electron chi connectivity index (χ0n) is 12.1. The smallest absolute Gasteiger partial charge is 0.257 e. The lowest BCUT2D eigenvalue weighted by atomic mass is 10.2. The molecular weight excluding hydrogens is 464 g/mol. The molecule has 1 N–H and O–H groups in total. The molecule has 122 valence electrons. The van der Waals surface area contributed by atoms with Crippen molar-refractivity contribution in [3.63, 3.8) is 0 Å². The Morgan fingerprint density at radius 3 is 2.67 bits per heavy atom. The third-order valence-corrected chi connectivity index (χ3v) is 4.79. The monoisotopic (exact) mass is 473 g/mol. The highest BCUT2D eigenvalue weighted by Gasteiger charge is 2.12. The Balaban J connectivity index is 1.69. The summed E-state index contributed by atoms with van der Waals surface area (Å²) in [6.45, 7) is 0. The van der Waals surface area contributed by atoms with Crippen LogP contribution < -0.4 is 5.32 Å². The van der Waals surface area contributed by atoms with Crippen molar-refractivity contribution in [2.45, 2.75) is 6.42 Å². The van der Waals surface area contributed by atoms with E-state index in [2.05, 4.69) is 15.5 Å². The summed E-state index contributed by atoms with van der Waals surface area (Å²) in [6.07, 6.45) is 0.600. The van der Waals surface area contributed by atoms with Crippen molar-refractivity contribution in [2.75, 3.05) is 5.32 Å².